The molecule has 4 aromatic carbocycles. The van der Waals surface area contributed by atoms with Gasteiger partial charge in [0.25, 0.3) is 0 Å². The molecule has 6 rings (SSSR count). The lowest BCUT2D eigenvalue weighted by atomic mass is 10.0. The number of thioether (sulfide) groups is 1. The first-order valence-corrected chi connectivity index (χ1v) is 14.8. The highest BCUT2D eigenvalue weighted by Crippen LogP contribution is 2.34. The molecule has 200 valence electrons. The summed E-state index contributed by atoms with van der Waals surface area (Å²) < 4.78 is 0. The van der Waals surface area contributed by atoms with Crippen LogP contribution in [0.15, 0.2) is 131 Å². The number of hydrogen-bond acceptors (Lipinski definition) is 4. The monoisotopic (exact) mass is 533 g/mol. The Kier molecular flexibility index (Phi) is 10.5. The fourth-order valence-electron chi connectivity index (χ4n) is 4.56. The van der Waals surface area contributed by atoms with E-state index in [0.717, 1.165) is 34.6 Å². The Morgan fingerprint density at radius 2 is 1.62 bits per heavy atom. The maximum Gasteiger partial charge on any atom is 0.0714 e. The average molecular weight is 534 g/mol. The SMILES string of the molecule is C1=CCCC(C2=CC(c3ccccc3)NN2)=C1.CC.Cc1ccc2ccc(SCc3ccccc3)c(N)c2c1. The van der Waals surface area contributed by atoms with Gasteiger partial charge in [-0.2, -0.15) is 0 Å². The number of nitrogens with two attached hydrogens (primary N) is 1. The average Bonchev–Trinajstić information content (AvgIpc) is 3.51. The lowest BCUT2D eigenvalue weighted by Crippen LogP contribution is -2.27. The summed E-state index contributed by atoms with van der Waals surface area (Å²) in [5.41, 5.74) is 20.3. The van der Waals surface area contributed by atoms with Crippen LogP contribution in [0.1, 0.15) is 49.4 Å². The molecule has 2 aliphatic rings. The first kappa shape index (κ1) is 28.3. The maximum absolute atomic E-state index is 6.33. The number of benzene rings is 4. The number of anilines is 1. The van der Waals surface area contributed by atoms with Crippen LogP contribution in [0.4, 0.5) is 5.69 Å². The van der Waals surface area contributed by atoms with Crippen LogP contribution in [-0.4, -0.2) is 0 Å². The number of nitrogen functional groups attached to an aromatic ring is 1. The minimum absolute atomic E-state index is 0.276. The largest absolute Gasteiger partial charge is 0.397 e. The van der Waals surface area contributed by atoms with Crippen molar-refractivity contribution in [3.63, 3.8) is 0 Å². The van der Waals surface area contributed by atoms with Gasteiger partial charge in [-0.05, 0) is 60.1 Å². The van der Waals surface area contributed by atoms with E-state index >= 15 is 0 Å². The number of nitrogens with one attached hydrogen (secondary N) is 2. The number of rotatable bonds is 5. The van der Waals surface area contributed by atoms with E-state index in [0.29, 0.717) is 0 Å². The number of hydrogen-bond donors (Lipinski definition) is 3. The summed E-state index contributed by atoms with van der Waals surface area (Å²) in [6.45, 7) is 6.10. The Morgan fingerprint density at radius 3 is 2.33 bits per heavy atom. The smallest absolute Gasteiger partial charge is 0.0714 e. The standard InChI is InChI=1S/C18H17NS.C15H16N2.C2H6/c1-13-7-8-15-9-10-17(18(19)16(15)11-13)20-12-14-5-3-2-4-6-14;1-3-7-12(8-4-1)14-11-15(17-16-14)13-9-5-2-6-10-13;1-2/h2-11H,12,19H2,1H3;1-5,7-9,11,14,16-17H,6,10H2;1-2H3. The summed E-state index contributed by atoms with van der Waals surface area (Å²) in [7, 11) is 0. The molecule has 0 aromatic heterocycles. The van der Waals surface area contributed by atoms with Crippen LogP contribution >= 0.6 is 11.8 Å². The number of aryl methyl sites for hydroxylation is 1. The molecule has 0 radical (unpaired) electrons. The first-order chi connectivity index (χ1) is 19.2. The van der Waals surface area contributed by atoms with Crippen molar-refractivity contribution in [1.29, 1.82) is 0 Å². The van der Waals surface area contributed by atoms with E-state index < -0.39 is 0 Å². The molecule has 0 spiro atoms. The molecule has 1 heterocycles. The van der Waals surface area contributed by atoms with Crippen LogP contribution in [0.3, 0.4) is 0 Å². The van der Waals surface area contributed by atoms with Gasteiger partial charge in [0.1, 0.15) is 0 Å². The van der Waals surface area contributed by atoms with Crippen LogP contribution in [0.5, 0.6) is 0 Å². The fourth-order valence-corrected chi connectivity index (χ4v) is 5.50. The quantitative estimate of drug-likeness (QED) is 0.177. The molecule has 1 aliphatic heterocycles. The van der Waals surface area contributed by atoms with Gasteiger partial charge in [-0.3, -0.25) is 0 Å². The molecule has 0 saturated carbocycles. The molecular formula is C35H39N3S. The van der Waals surface area contributed by atoms with Gasteiger partial charge in [-0.1, -0.05) is 117 Å². The predicted molar refractivity (Wildman–Crippen MR) is 170 cm³/mol. The van der Waals surface area contributed by atoms with Crippen molar-refractivity contribution in [3.8, 4) is 0 Å². The van der Waals surface area contributed by atoms with Crippen LogP contribution in [-0.2, 0) is 5.75 Å². The summed E-state index contributed by atoms with van der Waals surface area (Å²) in [5.74, 6) is 0.947. The zero-order chi connectivity index (χ0) is 27.5. The summed E-state index contributed by atoms with van der Waals surface area (Å²) >= 11 is 1.80. The minimum Gasteiger partial charge on any atom is -0.397 e. The molecule has 1 unspecified atom stereocenters. The Balaban J connectivity index is 0.000000172. The summed E-state index contributed by atoms with van der Waals surface area (Å²) in [6, 6.07) is 31.9. The van der Waals surface area contributed by atoms with E-state index in [2.05, 4.69) is 121 Å². The molecule has 1 atom stereocenters. The lowest BCUT2D eigenvalue weighted by Gasteiger charge is -2.10. The zero-order valence-corrected chi connectivity index (χ0v) is 24.0. The molecule has 0 amide bonds. The topological polar surface area (TPSA) is 50.1 Å². The Bertz CT molecular complexity index is 1440. The highest BCUT2D eigenvalue weighted by atomic mass is 32.2. The molecule has 0 fully saturated rings. The van der Waals surface area contributed by atoms with Gasteiger partial charge in [-0.15, -0.1) is 11.8 Å². The number of hydrazine groups is 1. The molecular weight excluding hydrogens is 494 g/mol. The second-order valence-corrected chi connectivity index (χ2v) is 10.4. The van der Waals surface area contributed by atoms with Crippen molar-refractivity contribution in [1.82, 2.24) is 10.9 Å². The molecule has 4 aromatic rings. The van der Waals surface area contributed by atoms with Gasteiger partial charge < -0.3 is 11.2 Å². The third-order valence-electron chi connectivity index (χ3n) is 6.63. The summed E-state index contributed by atoms with van der Waals surface area (Å²) in [4.78, 5) is 1.16. The van der Waals surface area contributed by atoms with E-state index in [1.54, 1.807) is 11.8 Å². The van der Waals surface area contributed by atoms with Crippen molar-refractivity contribution >= 4 is 28.2 Å². The molecule has 0 bridgehead atoms. The van der Waals surface area contributed by atoms with Gasteiger partial charge in [0, 0.05) is 21.7 Å². The summed E-state index contributed by atoms with van der Waals surface area (Å²) in [6.07, 6.45) is 11.1. The van der Waals surface area contributed by atoms with E-state index in [1.807, 2.05) is 26.0 Å². The Morgan fingerprint density at radius 1 is 0.897 bits per heavy atom. The van der Waals surface area contributed by atoms with Gasteiger partial charge >= 0.3 is 0 Å². The van der Waals surface area contributed by atoms with Crippen LogP contribution in [0.25, 0.3) is 10.8 Å². The summed E-state index contributed by atoms with van der Waals surface area (Å²) in [5, 5.41) is 2.36. The second-order valence-electron chi connectivity index (χ2n) is 9.37. The molecule has 4 N–H and O–H groups in total. The van der Waals surface area contributed by atoms with Crippen LogP contribution < -0.4 is 16.6 Å². The molecule has 4 heteroatoms. The van der Waals surface area contributed by atoms with E-state index in [9.17, 15) is 0 Å². The highest BCUT2D eigenvalue weighted by molar-refractivity contribution is 7.98. The Labute approximate surface area is 237 Å². The third-order valence-corrected chi connectivity index (χ3v) is 7.77. The first-order valence-electron chi connectivity index (χ1n) is 13.8. The molecule has 3 nitrogen and oxygen atoms in total. The van der Waals surface area contributed by atoms with Crippen molar-refractivity contribution in [2.75, 3.05) is 5.73 Å². The van der Waals surface area contributed by atoms with Crippen molar-refractivity contribution in [3.05, 3.63) is 143 Å². The molecule has 0 saturated heterocycles. The number of allylic oxidation sites excluding steroid dienone is 4. The van der Waals surface area contributed by atoms with Crippen LogP contribution in [0, 0.1) is 6.92 Å². The van der Waals surface area contributed by atoms with E-state index in [1.165, 1.54) is 33.3 Å². The Hall–Kier alpha value is -3.73. The van der Waals surface area contributed by atoms with Gasteiger partial charge in [0.2, 0.25) is 0 Å². The highest BCUT2D eigenvalue weighted by Gasteiger charge is 2.18. The van der Waals surface area contributed by atoms with Crippen LogP contribution in [0.2, 0.25) is 0 Å². The van der Waals surface area contributed by atoms with Gasteiger partial charge in [0.05, 0.1) is 11.7 Å². The second kappa shape index (κ2) is 14.4. The lowest BCUT2D eigenvalue weighted by molar-refractivity contribution is 0.597. The number of fused-ring (bicyclic) bond motifs is 1. The maximum atomic E-state index is 6.33. The molecule has 1 aliphatic carbocycles. The minimum atomic E-state index is 0.276. The normalized spacial score (nSPS) is 15.7. The van der Waals surface area contributed by atoms with E-state index in [-0.39, 0.29) is 6.04 Å². The van der Waals surface area contributed by atoms with E-state index in [4.69, 9.17) is 5.73 Å². The zero-order valence-electron chi connectivity index (χ0n) is 23.2. The van der Waals surface area contributed by atoms with Crippen molar-refractivity contribution < 1.29 is 0 Å². The molecule has 39 heavy (non-hydrogen) atoms. The van der Waals surface area contributed by atoms with Crippen molar-refractivity contribution in [2.45, 2.75) is 50.3 Å². The van der Waals surface area contributed by atoms with Gasteiger partial charge in [-0.25, -0.2) is 5.43 Å². The van der Waals surface area contributed by atoms with Crippen molar-refractivity contribution in [2.24, 2.45) is 0 Å². The predicted octanol–water partition coefficient (Wildman–Crippen LogP) is 9.04. The van der Waals surface area contributed by atoms with Gasteiger partial charge in [0.15, 0.2) is 0 Å². The third kappa shape index (κ3) is 7.66. The fraction of sp³-hybridized carbons (Fsp3) is 0.200.